The first-order chi connectivity index (χ1) is 6.75. The molecular formula is C8H10BrClN4. The van der Waals surface area contributed by atoms with E-state index in [1.807, 2.05) is 0 Å². The van der Waals surface area contributed by atoms with Crippen molar-refractivity contribution < 1.29 is 0 Å². The van der Waals surface area contributed by atoms with Crippen molar-refractivity contribution in [3.8, 4) is 0 Å². The van der Waals surface area contributed by atoms with Gasteiger partial charge in [0.15, 0.2) is 0 Å². The fourth-order valence-corrected chi connectivity index (χ4v) is 2.21. The van der Waals surface area contributed by atoms with Crippen molar-refractivity contribution in [1.29, 1.82) is 0 Å². The van der Waals surface area contributed by atoms with Gasteiger partial charge in [-0.05, 0) is 46.9 Å². The Balaban J connectivity index is 2.21. The Labute approximate surface area is 95.6 Å². The van der Waals surface area contributed by atoms with Crippen molar-refractivity contribution in [3.05, 3.63) is 15.8 Å². The zero-order valence-electron chi connectivity index (χ0n) is 7.50. The maximum Gasteiger partial charge on any atom is 0.226 e. The lowest BCUT2D eigenvalue weighted by Gasteiger charge is -2.21. The molecule has 0 amide bonds. The largest absolute Gasteiger partial charge is 0.316 e. The van der Waals surface area contributed by atoms with Gasteiger partial charge in [0.05, 0.1) is 0 Å². The quantitative estimate of drug-likeness (QED) is 0.850. The summed E-state index contributed by atoms with van der Waals surface area (Å²) in [6, 6.07) is 0. The van der Waals surface area contributed by atoms with Crippen LogP contribution < -0.4 is 5.32 Å². The maximum atomic E-state index is 5.76. The predicted molar refractivity (Wildman–Crippen MR) is 57.4 cm³/mol. The normalized spacial score (nSPS) is 22.3. The third-order valence-corrected chi connectivity index (χ3v) is 2.78. The third-order valence-electron chi connectivity index (χ3n) is 2.26. The van der Waals surface area contributed by atoms with Crippen LogP contribution in [0.4, 0.5) is 0 Å². The number of halogens is 2. The van der Waals surface area contributed by atoms with E-state index in [1.165, 1.54) is 0 Å². The molecule has 14 heavy (non-hydrogen) atoms. The first-order valence-electron chi connectivity index (χ1n) is 4.53. The predicted octanol–water partition coefficient (Wildman–Crippen LogP) is 1.75. The molecule has 1 fully saturated rings. The number of nitrogens with one attached hydrogen (secondary N) is 1. The molecule has 1 unspecified atom stereocenters. The topological polar surface area (TPSA) is 50.7 Å². The van der Waals surface area contributed by atoms with Crippen LogP contribution in [0.15, 0.2) is 4.73 Å². The number of rotatable bonds is 1. The molecule has 1 saturated heterocycles. The standard InChI is InChI=1S/C8H10BrClN4/c9-7-12-6(13-8(10)14-7)5-2-1-3-11-4-5/h5,11H,1-4H2. The summed E-state index contributed by atoms with van der Waals surface area (Å²) in [5, 5.41) is 3.57. The van der Waals surface area contributed by atoms with Gasteiger partial charge in [-0.3, -0.25) is 0 Å². The molecule has 0 spiro atoms. The van der Waals surface area contributed by atoms with E-state index in [0.717, 1.165) is 31.8 Å². The molecule has 1 aliphatic rings. The first-order valence-corrected chi connectivity index (χ1v) is 5.70. The van der Waals surface area contributed by atoms with Crippen LogP contribution in [0.1, 0.15) is 24.6 Å². The van der Waals surface area contributed by atoms with Gasteiger partial charge in [0.1, 0.15) is 5.82 Å². The number of hydrogen-bond acceptors (Lipinski definition) is 4. The smallest absolute Gasteiger partial charge is 0.226 e. The van der Waals surface area contributed by atoms with Crippen LogP contribution in [0, 0.1) is 0 Å². The zero-order chi connectivity index (χ0) is 9.97. The van der Waals surface area contributed by atoms with E-state index in [1.54, 1.807) is 0 Å². The Bertz CT molecular complexity index is 307. The maximum absolute atomic E-state index is 5.76. The van der Waals surface area contributed by atoms with Crippen LogP contribution in [0.25, 0.3) is 0 Å². The van der Waals surface area contributed by atoms with Crippen molar-refractivity contribution >= 4 is 27.5 Å². The van der Waals surface area contributed by atoms with E-state index in [0.29, 0.717) is 10.7 Å². The second-order valence-electron chi connectivity index (χ2n) is 3.27. The van der Waals surface area contributed by atoms with E-state index in [4.69, 9.17) is 11.6 Å². The van der Waals surface area contributed by atoms with Gasteiger partial charge in [0.25, 0.3) is 0 Å². The second-order valence-corrected chi connectivity index (χ2v) is 4.32. The van der Waals surface area contributed by atoms with Crippen LogP contribution in [-0.2, 0) is 0 Å². The lowest BCUT2D eigenvalue weighted by molar-refractivity contribution is 0.444. The van der Waals surface area contributed by atoms with Gasteiger partial charge >= 0.3 is 0 Å². The highest BCUT2D eigenvalue weighted by Gasteiger charge is 2.18. The van der Waals surface area contributed by atoms with E-state index in [9.17, 15) is 0 Å². The molecular weight excluding hydrogens is 267 g/mol. The van der Waals surface area contributed by atoms with Crippen molar-refractivity contribution in [2.24, 2.45) is 0 Å². The van der Waals surface area contributed by atoms with Gasteiger partial charge in [-0.1, -0.05) is 0 Å². The summed E-state index contributed by atoms with van der Waals surface area (Å²) in [7, 11) is 0. The van der Waals surface area contributed by atoms with Crippen molar-refractivity contribution in [2.45, 2.75) is 18.8 Å². The van der Waals surface area contributed by atoms with Gasteiger partial charge in [-0.25, -0.2) is 9.97 Å². The highest BCUT2D eigenvalue weighted by atomic mass is 79.9. The van der Waals surface area contributed by atoms with Crippen LogP contribution in [0.2, 0.25) is 5.28 Å². The zero-order valence-corrected chi connectivity index (χ0v) is 9.85. The molecule has 6 heteroatoms. The number of nitrogens with zero attached hydrogens (tertiary/aromatic N) is 3. The summed E-state index contributed by atoms with van der Waals surface area (Å²) in [6.07, 6.45) is 2.27. The lowest BCUT2D eigenvalue weighted by Crippen LogP contribution is -2.29. The van der Waals surface area contributed by atoms with Crippen LogP contribution in [0.5, 0.6) is 0 Å². The molecule has 0 aliphatic carbocycles. The average molecular weight is 278 g/mol. The van der Waals surface area contributed by atoms with Gasteiger partial charge in [-0.2, -0.15) is 4.98 Å². The molecule has 76 valence electrons. The summed E-state index contributed by atoms with van der Waals surface area (Å²) >= 11 is 8.97. The molecule has 0 bridgehead atoms. The summed E-state index contributed by atoms with van der Waals surface area (Å²) < 4.78 is 0.512. The van der Waals surface area contributed by atoms with Gasteiger partial charge in [-0.15, -0.1) is 0 Å². The molecule has 1 aliphatic heterocycles. The fourth-order valence-electron chi connectivity index (χ4n) is 1.59. The Kier molecular flexibility index (Phi) is 3.30. The lowest BCUT2D eigenvalue weighted by atomic mass is 9.99. The minimum absolute atomic E-state index is 0.257. The number of piperidine rings is 1. The molecule has 0 saturated carbocycles. The van der Waals surface area contributed by atoms with Crippen molar-refractivity contribution in [3.63, 3.8) is 0 Å². The summed E-state index contributed by atoms with van der Waals surface area (Å²) in [5.41, 5.74) is 0. The van der Waals surface area contributed by atoms with Crippen LogP contribution in [0.3, 0.4) is 0 Å². The monoisotopic (exact) mass is 276 g/mol. The minimum Gasteiger partial charge on any atom is -0.316 e. The van der Waals surface area contributed by atoms with Gasteiger partial charge < -0.3 is 5.32 Å². The molecule has 0 aromatic carbocycles. The molecule has 2 heterocycles. The second kappa shape index (κ2) is 4.51. The molecule has 1 aromatic heterocycles. The van der Waals surface area contributed by atoms with Crippen molar-refractivity contribution in [1.82, 2.24) is 20.3 Å². The third kappa shape index (κ3) is 2.40. The Morgan fingerprint density at radius 1 is 1.36 bits per heavy atom. The average Bonchev–Trinajstić information content (AvgIpc) is 2.18. The van der Waals surface area contributed by atoms with Gasteiger partial charge in [0.2, 0.25) is 10.0 Å². The van der Waals surface area contributed by atoms with E-state index < -0.39 is 0 Å². The number of hydrogen-bond donors (Lipinski definition) is 1. The number of aromatic nitrogens is 3. The highest BCUT2D eigenvalue weighted by Crippen LogP contribution is 2.21. The van der Waals surface area contributed by atoms with E-state index in [-0.39, 0.29) is 5.28 Å². The molecule has 1 N–H and O–H groups in total. The Morgan fingerprint density at radius 3 is 2.86 bits per heavy atom. The van der Waals surface area contributed by atoms with Crippen LogP contribution in [-0.4, -0.2) is 28.0 Å². The fraction of sp³-hybridized carbons (Fsp3) is 0.625. The van der Waals surface area contributed by atoms with Crippen molar-refractivity contribution in [2.75, 3.05) is 13.1 Å². The minimum atomic E-state index is 0.257. The summed E-state index contributed by atoms with van der Waals surface area (Å²) in [6.45, 7) is 2.00. The first kappa shape index (κ1) is 10.3. The van der Waals surface area contributed by atoms with E-state index in [2.05, 4.69) is 36.2 Å². The summed E-state index contributed by atoms with van der Waals surface area (Å²) in [5.74, 6) is 1.14. The molecule has 1 atom stereocenters. The Morgan fingerprint density at radius 2 is 2.21 bits per heavy atom. The summed E-state index contributed by atoms with van der Waals surface area (Å²) in [4.78, 5) is 12.2. The molecule has 4 nitrogen and oxygen atoms in total. The molecule has 2 rings (SSSR count). The molecule has 1 aromatic rings. The molecule has 0 radical (unpaired) electrons. The highest BCUT2D eigenvalue weighted by molar-refractivity contribution is 9.10. The Hall–Kier alpha value is -0.260. The van der Waals surface area contributed by atoms with Crippen LogP contribution >= 0.6 is 27.5 Å². The van der Waals surface area contributed by atoms with E-state index >= 15 is 0 Å². The SMILES string of the molecule is Clc1nc(Br)nc(C2CCCNC2)n1. The van der Waals surface area contributed by atoms with Gasteiger partial charge in [0, 0.05) is 12.5 Å².